The summed E-state index contributed by atoms with van der Waals surface area (Å²) in [6.07, 6.45) is 5.96. The summed E-state index contributed by atoms with van der Waals surface area (Å²) in [5.74, 6) is 0.901. The van der Waals surface area contributed by atoms with Gasteiger partial charge in [-0.3, -0.25) is 14.5 Å². The van der Waals surface area contributed by atoms with Crippen molar-refractivity contribution >= 4 is 22.8 Å². The molecule has 4 heterocycles. The summed E-state index contributed by atoms with van der Waals surface area (Å²) in [5.41, 5.74) is 3.48. The molecule has 3 aliphatic heterocycles. The van der Waals surface area contributed by atoms with Crippen LogP contribution in [-0.4, -0.2) is 63.4 Å². The van der Waals surface area contributed by atoms with Crippen molar-refractivity contribution in [3.63, 3.8) is 0 Å². The van der Waals surface area contributed by atoms with E-state index in [1.165, 1.54) is 18.4 Å². The molecule has 3 aromatic rings. The van der Waals surface area contributed by atoms with E-state index in [9.17, 15) is 9.59 Å². The lowest BCUT2D eigenvalue weighted by molar-refractivity contribution is -0.128. The number of amides is 2. The topological polar surface area (TPSA) is 70.5 Å². The second kappa shape index (κ2) is 9.93. The standard InChI is InChI=1S/C30H37N5O2/c1-20-31-27-10-6-7-11-28(27)35(20)25-17-23-12-13-24(18-25)34(23)15-14-26(21-8-4-3-5-9-21)32-30(37)22-16-29(36)33(2)19-22/h3-11,22-26H,12-19H2,1-2H3,(H,32,37)/t22?,23-,24+,25-,26-/m0/s1. The van der Waals surface area contributed by atoms with Gasteiger partial charge in [-0.1, -0.05) is 42.5 Å². The maximum absolute atomic E-state index is 13.1. The number of hydrogen-bond acceptors (Lipinski definition) is 4. The van der Waals surface area contributed by atoms with Crippen molar-refractivity contribution in [3.05, 3.63) is 66.0 Å². The molecule has 2 amide bonds. The van der Waals surface area contributed by atoms with Crippen LogP contribution in [0.2, 0.25) is 0 Å². The van der Waals surface area contributed by atoms with Crippen LogP contribution in [-0.2, 0) is 9.59 Å². The number of para-hydroxylation sites is 2. The minimum absolute atomic E-state index is 0.00399. The summed E-state index contributed by atoms with van der Waals surface area (Å²) >= 11 is 0. The van der Waals surface area contributed by atoms with E-state index >= 15 is 0 Å². The van der Waals surface area contributed by atoms with Gasteiger partial charge < -0.3 is 14.8 Å². The van der Waals surface area contributed by atoms with Crippen LogP contribution in [0.25, 0.3) is 11.0 Å². The Morgan fingerprint density at radius 3 is 2.43 bits per heavy atom. The molecule has 0 spiro atoms. The highest BCUT2D eigenvalue weighted by molar-refractivity contribution is 5.89. The van der Waals surface area contributed by atoms with Crippen LogP contribution in [0.1, 0.15) is 62.0 Å². The molecule has 5 atom stereocenters. The van der Waals surface area contributed by atoms with Crippen molar-refractivity contribution < 1.29 is 9.59 Å². The molecule has 7 heteroatoms. The Labute approximate surface area is 218 Å². The molecule has 2 bridgehead atoms. The lowest BCUT2D eigenvalue weighted by atomic mass is 9.95. The van der Waals surface area contributed by atoms with E-state index in [1.807, 2.05) is 18.2 Å². The number of carbonyl (C=O) groups is 2. The number of carbonyl (C=O) groups excluding carboxylic acids is 2. The summed E-state index contributed by atoms with van der Waals surface area (Å²) in [4.78, 5) is 34.3. The Morgan fingerprint density at radius 1 is 1.03 bits per heavy atom. The zero-order valence-electron chi connectivity index (χ0n) is 21.8. The van der Waals surface area contributed by atoms with Crippen LogP contribution in [0.15, 0.2) is 54.6 Å². The molecule has 0 saturated carbocycles. The summed E-state index contributed by atoms with van der Waals surface area (Å²) in [5, 5.41) is 3.31. The summed E-state index contributed by atoms with van der Waals surface area (Å²) in [6, 6.07) is 20.4. The third-order valence-corrected chi connectivity index (χ3v) is 8.90. The number of fused-ring (bicyclic) bond motifs is 3. The van der Waals surface area contributed by atoms with Crippen molar-refractivity contribution in [3.8, 4) is 0 Å². The van der Waals surface area contributed by atoms with Gasteiger partial charge in [-0.2, -0.15) is 0 Å². The van der Waals surface area contributed by atoms with E-state index in [4.69, 9.17) is 4.98 Å². The number of nitrogens with zero attached hydrogens (tertiary/aromatic N) is 4. The molecule has 3 saturated heterocycles. The molecular weight excluding hydrogens is 462 g/mol. The number of aromatic nitrogens is 2. The van der Waals surface area contributed by atoms with Gasteiger partial charge in [-0.15, -0.1) is 0 Å². The molecule has 7 nitrogen and oxygen atoms in total. The first-order chi connectivity index (χ1) is 18.0. The highest BCUT2D eigenvalue weighted by Gasteiger charge is 2.42. The van der Waals surface area contributed by atoms with Crippen LogP contribution in [0.3, 0.4) is 0 Å². The zero-order chi connectivity index (χ0) is 25.5. The van der Waals surface area contributed by atoms with E-state index in [-0.39, 0.29) is 23.8 Å². The van der Waals surface area contributed by atoms with Crippen LogP contribution >= 0.6 is 0 Å². The first-order valence-corrected chi connectivity index (χ1v) is 13.8. The van der Waals surface area contributed by atoms with Crippen molar-refractivity contribution in [2.24, 2.45) is 5.92 Å². The number of piperidine rings is 1. The number of hydrogen-bond donors (Lipinski definition) is 1. The first kappa shape index (κ1) is 24.2. The van der Waals surface area contributed by atoms with E-state index in [0.29, 0.717) is 31.1 Å². The lowest BCUT2D eigenvalue weighted by Crippen LogP contribution is -2.45. The number of nitrogens with one attached hydrogen (secondary N) is 1. The largest absolute Gasteiger partial charge is 0.349 e. The van der Waals surface area contributed by atoms with Gasteiger partial charge in [-0.25, -0.2) is 4.98 Å². The monoisotopic (exact) mass is 499 g/mol. The molecule has 6 rings (SSSR count). The van der Waals surface area contributed by atoms with E-state index in [2.05, 4.69) is 58.1 Å². The normalized spacial score (nSPS) is 26.6. The summed E-state index contributed by atoms with van der Waals surface area (Å²) < 4.78 is 2.48. The maximum Gasteiger partial charge on any atom is 0.225 e. The molecule has 0 aliphatic carbocycles. The third kappa shape index (κ3) is 4.65. The van der Waals surface area contributed by atoms with Crippen molar-refractivity contribution in [1.82, 2.24) is 24.7 Å². The molecular formula is C30H37N5O2. The highest BCUT2D eigenvalue weighted by Crippen LogP contribution is 2.42. The second-order valence-electron chi connectivity index (χ2n) is 11.2. The quantitative estimate of drug-likeness (QED) is 0.528. The summed E-state index contributed by atoms with van der Waals surface area (Å²) in [6.45, 7) is 3.61. The minimum atomic E-state index is -0.260. The van der Waals surface area contributed by atoms with Gasteiger partial charge in [0.05, 0.1) is 23.0 Å². The number of benzene rings is 2. The average molecular weight is 500 g/mol. The molecule has 3 aliphatic rings. The number of aryl methyl sites for hydroxylation is 1. The van der Waals surface area contributed by atoms with Gasteiger partial charge in [0.25, 0.3) is 0 Å². The smallest absolute Gasteiger partial charge is 0.225 e. The molecule has 194 valence electrons. The average Bonchev–Trinajstić information content (AvgIpc) is 3.50. The van der Waals surface area contributed by atoms with E-state index in [0.717, 1.165) is 42.7 Å². The zero-order valence-corrected chi connectivity index (χ0v) is 21.8. The van der Waals surface area contributed by atoms with Crippen LogP contribution in [0, 0.1) is 12.8 Å². The van der Waals surface area contributed by atoms with Gasteiger partial charge in [0, 0.05) is 44.7 Å². The summed E-state index contributed by atoms with van der Waals surface area (Å²) in [7, 11) is 1.78. The number of likely N-dealkylation sites (tertiary alicyclic amines) is 1. The molecule has 1 N–H and O–H groups in total. The SMILES string of the molecule is Cc1nc2ccccc2n1[C@@H]1C[C@H]2CC[C@@H](C1)N2CC[C@H](NC(=O)C1CC(=O)N(C)C1)c1ccccc1. The third-order valence-electron chi connectivity index (χ3n) is 8.90. The predicted octanol–water partition coefficient (Wildman–Crippen LogP) is 4.24. The molecule has 1 unspecified atom stereocenters. The van der Waals surface area contributed by atoms with Crippen LogP contribution in [0.5, 0.6) is 0 Å². The highest BCUT2D eigenvalue weighted by atomic mass is 16.2. The Balaban J connectivity index is 1.14. The maximum atomic E-state index is 13.1. The molecule has 0 radical (unpaired) electrons. The minimum Gasteiger partial charge on any atom is -0.349 e. The molecule has 2 aromatic carbocycles. The Hall–Kier alpha value is -3.19. The van der Waals surface area contributed by atoms with Gasteiger partial charge >= 0.3 is 0 Å². The van der Waals surface area contributed by atoms with Crippen molar-refractivity contribution in [2.75, 3.05) is 20.1 Å². The van der Waals surface area contributed by atoms with Gasteiger partial charge in [0.2, 0.25) is 11.8 Å². The Morgan fingerprint density at radius 2 is 1.73 bits per heavy atom. The van der Waals surface area contributed by atoms with Gasteiger partial charge in [0.15, 0.2) is 0 Å². The van der Waals surface area contributed by atoms with Crippen molar-refractivity contribution in [1.29, 1.82) is 0 Å². The van der Waals surface area contributed by atoms with Crippen LogP contribution in [0.4, 0.5) is 0 Å². The van der Waals surface area contributed by atoms with E-state index < -0.39 is 0 Å². The Kier molecular flexibility index (Phi) is 6.49. The van der Waals surface area contributed by atoms with Gasteiger partial charge in [0.1, 0.15) is 5.82 Å². The van der Waals surface area contributed by atoms with E-state index in [1.54, 1.807) is 11.9 Å². The number of rotatable bonds is 7. The molecule has 37 heavy (non-hydrogen) atoms. The van der Waals surface area contributed by atoms with Crippen molar-refractivity contribution in [2.45, 2.75) is 69.6 Å². The fraction of sp³-hybridized carbons (Fsp3) is 0.500. The fourth-order valence-corrected chi connectivity index (χ4v) is 7.06. The predicted molar refractivity (Wildman–Crippen MR) is 144 cm³/mol. The van der Waals surface area contributed by atoms with Gasteiger partial charge in [-0.05, 0) is 56.7 Å². The molecule has 1 aromatic heterocycles. The lowest BCUT2D eigenvalue weighted by Gasteiger charge is -2.40. The Bertz CT molecular complexity index is 1270. The second-order valence-corrected chi connectivity index (χ2v) is 11.2. The first-order valence-electron chi connectivity index (χ1n) is 13.8. The fourth-order valence-electron chi connectivity index (χ4n) is 7.06. The molecule has 3 fully saturated rings. The number of imidazole rings is 1. The van der Waals surface area contributed by atoms with Crippen LogP contribution < -0.4 is 5.32 Å².